The van der Waals surface area contributed by atoms with Gasteiger partial charge in [-0.05, 0) is 130 Å². The molecule has 4 saturated carbocycles. The number of ether oxygens (including phenoxy) is 3. The predicted molar refractivity (Wildman–Crippen MR) is 129 cm³/mol. The summed E-state index contributed by atoms with van der Waals surface area (Å²) in [6, 6.07) is -1.10. The monoisotopic (exact) mass is 479 g/mol. The summed E-state index contributed by atoms with van der Waals surface area (Å²) in [5, 5.41) is 0. The number of hydrogen-bond donors (Lipinski definition) is 0. The first-order valence-electron chi connectivity index (χ1n) is 12.8. The fraction of sp³-hybridized carbons (Fsp3) is 0.889. The van der Waals surface area contributed by atoms with Gasteiger partial charge in [0.05, 0.1) is 0 Å². The third-order valence-electron chi connectivity index (χ3n) is 6.96. The van der Waals surface area contributed by atoms with Crippen LogP contribution in [0.4, 0.5) is 9.59 Å². The molecule has 1 unspecified atom stereocenters. The van der Waals surface area contributed by atoms with Gasteiger partial charge in [-0.15, -0.1) is 0 Å². The van der Waals surface area contributed by atoms with E-state index in [9.17, 15) is 14.4 Å². The van der Waals surface area contributed by atoms with E-state index in [1.165, 1.54) is 19.3 Å². The lowest BCUT2D eigenvalue weighted by Crippen LogP contribution is -2.56. The van der Waals surface area contributed by atoms with Gasteiger partial charge in [-0.25, -0.2) is 14.4 Å². The quantitative estimate of drug-likeness (QED) is 0.339. The van der Waals surface area contributed by atoms with Crippen molar-refractivity contribution in [1.29, 1.82) is 0 Å². The van der Waals surface area contributed by atoms with E-state index in [1.807, 2.05) is 0 Å². The molecule has 4 rings (SSSR count). The SMILES string of the molecule is CC(C)(C)OC(=O)C(CC12CC3CC(CC(C3)C1)C2)N(C(=O)OC(C)(C)C)C(=O)OC(C)(C)C. The standard InChI is InChI=1S/C27H45NO6/c1-24(2,3)32-21(29)20(16-27-13-17-10-18(14-27)12-19(11-17)15-27)28(22(30)33-25(4,5)6)23(31)34-26(7,8)9/h17-20H,10-16H2,1-9H3. The minimum absolute atomic E-state index is 0.0708. The van der Waals surface area contributed by atoms with Gasteiger partial charge in [0.15, 0.2) is 0 Å². The van der Waals surface area contributed by atoms with Crippen LogP contribution in [0.25, 0.3) is 0 Å². The molecule has 0 heterocycles. The van der Waals surface area contributed by atoms with E-state index >= 15 is 0 Å². The molecule has 4 aliphatic carbocycles. The second-order valence-electron chi connectivity index (χ2n) is 14.0. The zero-order valence-electron chi connectivity index (χ0n) is 22.7. The van der Waals surface area contributed by atoms with Crippen LogP contribution in [-0.2, 0) is 19.0 Å². The first-order chi connectivity index (χ1) is 15.3. The highest BCUT2D eigenvalue weighted by atomic mass is 16.6. The summed E-state index contributed by atoms with van der Waals surface area (Å²) < 4.78 is 17.0. The number of carbonyl (C=O) groups is 3. The summed E-state index contributed by atoms with van der Waals surface area (Å²) in [6.45, 7) is 15.8. The highest BCUT2D eigenvalue weighted by molar-refractivity contribution is 5.94. The molecule has 7 nitrogen and oxygen atoms in total. The molecular formula is C27H45NO6. The van der Waals surface area contributed by atoms with Crippen molar-refractivity contribution in [3.05, 3.63) is 0 Å². The Kier molecular flexibility index (Phi) is 7.11. The van der Waals surface area contributed by atoms with E-state index in [-0.39, 0.29) is 5.41 Å². The molecule has 0 radical (unpaired) electrons. The molecule has 0 aromatic carbocycles. The van der Waals surface area contributed by atoms with Crippen LogP contribution in [0.1, 0.15) is 107 Å². The number of nitrogens with zero attached hydrogens (tertiary/aromatic N) is 1. The van der Waals surface area contributed by atoms with Gasteiger partial charge >= 0.3 is 18.2 Å². The van der Waals surface area contributed by atoms with Crippen molar-refractivity contribution in [3.8, 4) is 0 Å². The summed E-state index contributed by atoms with van der Waals surface area (Å²) in [7, 11) is 0. The molecule has 7 heteroatoms. The Morgan fingerprint density at radius 2 is 1.06 bits per heavy atom. The van der Waals surface area contributed by atoms with Gasteiger partial charge in [-0.1, -0.05) is 0 Å². The Hall–Kier alpha value is -1.79. The van der Waals surface area contributed by atoms with E-state index in [0.29, 0.717) is 24.2 Å². The number of carbonyl (C=O) groups excluding carboxylic acids is 3. The van der Waals surface area contributed by atoms with Gasteiger partial charge in [0.1, 0.15) is 22.8 Å². The average Bonchev–Trinajstić information content (AvgIpc) is 2.54. The molecule has 0 aromatic heterocycles. The Bertz CT molecular complexity index is 734. The lowest BCUT2D eigenvalue weighted by Gasteiger charge is -2.57. The van der Waals surface area contributed by atoms with Crippen LogP contribution >= 0.6 is 0 Å². The third-order valence-corrected chi connectivity index (χ3v) is 6.96. The van der Waals surface area contributed by atoms with Gasteiger partial charge in [-0.3, -0.25) is 0 Å². The molecule has 0 aliphatic heterocycles. The Balaban J connectivity index is 1.98. The van der Waals surface area contributed by atoms with E-state index < -0.39 is 41.0 Å². The maximum absolute atomic E-state index is 13.6. The molecule has 0 spiro atoms. The van der Waals surface area contributed by atoms with Crippen molar-refractivity contribution in [1.82, 2.24) is 4.90 Å². The highest BCUT2D eigenvalue weighted by Gasteiger charge is 2.54. The number of rotatable bonds is 4. The number of amides is 2. The van der Waals surface area contributed by atoms with Crippen LogP contribution in [0.2, 0.25) is 0 Å². The van der Waals surface area contributed by atoms with Crippen LogP contribution in [0, 0.1) is 23.2 Å². The summed E-state index contributed by atoms with van der Waals surface area (Å²) in [5.41, 5.74) is -2.50. The van der Waals surface area contributed by atoms with E-state index in [1.54, 1.807) is 62.3 Å². The van der Waals surface area contributed by atoms with Gasteiger partial charge in [-0.2, -0.15) is 4.90 Å². The maximum Gasteiger partial charge on any atom is 0.420 e. The van der Waals surface area contributed by atoms with Crippen molar-refractivity contribution >= 4 is 18.2 Å². The maximum atomic E-state index is 13.6. The van der Waals surface area contributed by atoms with Crippen molar-refractivity contribution in [3.63, 3.8) is 0 Å². The fourth-order valence-electron chi connectivity index (χ4n) is 6.55. The molecule has 34 heavy (non-hydrogen) atoms. The molecule has 0 saturated heterocycles. The molecule has 0 aromatic rings. The largest absolute Gasteiger partial charge is 0.458 e. The van der Waals surface area contributed by atoms with Gasteiger partial charge in [0, 0.05) is 0 Å². The number of esters is 1. The van der Waals surface area contributed by atoms with Crippen LogP contribution in [0.15, 0.2) is 0 Å². The first-order valence-corrected chi connectivity index (χ1v) is 12.8. The Morgan fingerprint density at radius 1 is 0.706 bits per heavy atom. The molecule has 194 valence electrons. The van der Waals surface area contributed by atoms with E-state index in [0.717, 1.165) is 24.2 Å². The zero-order chi connectivity index (χ0) is 25.7. The average molecular weight is 480 g/mol. The van der Waals surface area contributed by atoms with Crippen molar-refractivity contribution in [2.75, 3.05) is 0 Å². The fourth-order valence-corrected chi connectivity index (χ4v) is 6.55. The van der Waals surface area contributed by atoms with Crippen molar-refractivity contribution < 1.29 is 28.6 Å². The van der Waals surface area contributed by atoms with E-state index in [4.69, 9.17) is 14.2 Å². The predicted octanol–water partition coefficient (Wildman–Crippen LogP) is 6.48. The molecular weight excluding hydrogens is 434 g/mol. The lowest BCUT2D eigenvalue weighted by molar-refractivity contribution is -0.164. The molecule has 1 atom stereocenters. The molecule has 2 amide bonds. The second kappa shape index (κ2) is 9.02. The molecule has 0 N–H and O–H groups in total. The first kappa shape index (κ1) is 26.8. The minimum Gasteiger partial charge on any atom is -0.458 e. The molecule has 4 aliphatic rings. The second-order valence-corrected chi connectivity index (χ2v) is 14.0. The van der Waals surface area contributed by atoms with Crippen molar-refractivity contribution in [2.45, 2.75) is 130 Å². The summed E-state index contributed by atoms with van der Waals surface area (Å²) in [6.07, 6.45) is 5.54. The van der Waals surface area contributed by atoms with Crippen molar-refractivity contribution in [2.24, 2.45) is 23.2 Å². The minimum atomic E-state index is -1.10. The smallest absolute Gasteiger partial charge is 0.420 e. The molecule has 4 fully saturated rings. The van der Waals surface area contributed by atoms with Crippen LogP contribution in [0.3, 0.4) is 0 Å². The topological polar surface area (TPSA) is 82.1 Å². The highest BCUT2D eigenvalue weighted by Crippen LogP contribution is 2.62. The van der Waals surface area contributed by atoms with Crippen LogP contribution in [-0.4, -0.2) is 45.9 Å². The lowest BCUT2D eigenvalue weighted by atomic mass is 9.48. The summed E-state index contributed by atoms with van der Waals surface area (Å²) in [4.78, 5) is 41.2. The molecule has 4 bridgehead atoms. The summed E-state index contributed by atoms with van der Waals surface area (Å²) >= 11 is 0. The third kappa shape index (κ3) is 6.88. The number of imide groups is 1. The zero-order valence-corrected chi connectivity index (χ0v) is 22.7. The summed E-state index contributed by atoms with van der Waals surface area (Å²) in [5.74, 6) is 1.42. The van der Waals surface area contributed by atoms with Gasteiger partial charge < -0.3 is 14.2 Å². The van der Waals surface area contributed by atoms with Gasteiger partial charge in [0.2, 0.25) is 0 Å². The number of hydrogen-bond acceptors (Lipinski definition) is 6. The Labute approximate surface area is 205 Å². The van der Waals surface area contributed by atoms with Gasteiger partial charge in [0.25, 0.3) is 0 Å². The van der Waals surface area contributed by atoms with Crippen LogP contribution in [0.5, 0.6) is 0 Å². The van der Waals surface area contributed by atoms with E-state index in [2.05, 4.69) is 0 Å². The van der Waals surface area contributed by atoms with Crippen LogP contribution < -0.4 is 0 Å². The normalized spacial score (nSPS) is 29.4. The Morgan fingerprint density at radius 3 is 1.38 bits per heavy atom.